The van der Waals surface area contributed by atoms with Crippen LogP contribution in [0.2, 0.25) is 0 Å². The molecule has 0 aliphatic rings. The van der Waals surface area contributed by atoms with Gasteiger partial charge >= 0.3 is 0 Å². The van der Waals surface area contributed by atoms with Gasteiger partial charge in [0.1, 0.15) is 0 Å². The lowest BCUT2D eigenvalue weighted by molar-refractivity contribution is 0.326. The van der Waals surface area contributed by atoms with Crippen LogP contribution in [0.25, 0.3) is 6.08 Å². The topological polar surface area (TPSA) is 20.2 Å². The number of aliphatic hydroxyl groups excluding tert-OH is 1. The van der Waals surface area contributed by atoms with Crippen molar-refractivity contribution in [3.63, 3.8) is 0 Å². The van der Waals surface area contributed by atoms with Gasteiger partial charge in [-0.1, -0.05) is 81.0 Å². The van der Waals surface area contributed by atoms with E-state index in [2.05, 4.69) is 76.3 Å². The summed E-state index contributed by atoms with van der Waals surface area (Å²) >= 11 is 0. The van der Waals surface area contributed by atoms with Crippen LogP contribution in [0.15, 0.2) is 59.7 Å². The molecule has 0 saturated carbocycles. The van der Waals surface area contributed by atoms with Crippen molar-refractivity contribution >= 4 is 6.08 Å². The predicted octanol–water partition coefficient (Wildman–Crippen LogP) is 5.64. The summed E-state index contributed by atoms with van der Waals surface area (Å²) in [6.07, 6.45) is 10.9. The SMILES string of the molecule is CC/C(=C/[C@H](C)C[C@@H](C)/C=C(C)/C=C/c1ccccc1)CO. The van der Waals surface area contributed by atoms with Crippen LogP contribution >= 0.6 is 0 Å². The number of aliphatic hydroxyl groups is 1. The molecule has 0 aliphatic heterocycles. The lowest BCUT2D eigenvalue weighted by Crippen LogP contribution is -2.01. The van der Waals surface area contributed by atoms with Crippen molar-refractivity contribution in [1.29, 1.82) is 0 Å². The molecule has 1 heteroatoms. The summed E-state index contributed by atoms with van der Waals surface area (Å²) in [4.78, 5) is 0. The molecule has 0 bridgehead atoms. The largest absolute Gasteiger partial charge is 0.392 e. The van der Waals surface area contributed by atoms with Crippen LogP contribution in [0.3, 0.4) is 0 Å². The van der Waals surface area contributed by atoms with E-state index in [1.165, 1.54) is 11.1 Å². The molecular formula is C21H30O. The fraction of sp³-hybridized carbons (Fsp3) is 0.429. The highest BCUT2D eigenvalue weighted by molar-refractivity contribution is 5.52. The van der Waals surface area contributed by atoms with Crippen molar-refractivity contribution in [1.82, 2.24) is 0 Å². The first-order valence-electron chi connectivity index (χ1n) is 8.27. The number of hydrogen-bond donors (Lipinski definition) is 1. The smallest absolute Gasteiger partial charge is 0.0641 e. The second-order valence-corrected chi connectivity index (χ2v) is 6.18. The van der Waals surface area contributed by atoms with Crippen LogP contribution in [-0.4, -0.2) is 11.7 Å². The zero-order valence-corrected chi connectivity index (χ0v) is 14.4. The van der Waals surface area contributed by atoms with Crippen LogP contribution in [0.4, 0.5) is 0 Å². The van der Waals surface area contributed by atoms with Crippen LogP contribution in [-0.2, 0) is 0 Å². The van der Waals surface area contributed by atoms with Crippen molar-refractivity contribution in [2.45, 2.75) is 40.5 Å². The lowest BCUT2D eigenvalue weighted by Gasteiger charge is -2.13. The van der Waals surface area contributed by atoms with Gasteiger partial charge in [-0.2, -0.15) is 0 Å². The fourth-order valence-electron chi connectivity index (χ4n) is 2.70. The van der Waals surface area contributed by atoms with Gasteiger partial charge < -0.3 is 5.11 Å². The molecule has 0 radical (unpaired) electrons. The molecule has 1 nitrogen and oxygen atoms in total. The normalized spacial score (nSPS) is 16.0. The van der Waals surface area contributed by atoms with Crippen LogP contribution in [0.1, 0.15) is 46.1 Å². The quantitative estimate of drug-likeness (QED) is 0.486. The molecule has 0 unspecified atom stereocenters. The average Bonchev–Trinajstić information content (AvgIpc) is 2.51. The summed E-state index contributed by atoms with van der Waals surface area (Å²) in [6, 6.07) is 10.4. The van der Waals surface area contributed by atoms with Gasteiger partial charge in [0.25, 0.3) is 0 Å². The molecule has 0 fully saturated rings. The molecule has 1 rings (SSSR count). The van der Waals surface area contributed by atoms with Gasteiger partial charge in [0.2, 0.25) is 0 Å². The van der Waals surface area contributed by atoms with E-state index in [1.807, 2.05) is 6.07 Å². The third-order valence-electron chi connectivity index (χ3n) is 3.81. The first kappa shape index (κ1) is 18.4. The average molecular weight is 298 g/mol. The third-order valence-corrected chi connectivity index (χ3v) is 3.81. The van der Waals surface area contributed by atoms with Gasteiger partial charge in [-0.05, 0) is 42.7 Å². The molecule has 0 spiro atoms. The van der Waals surface area contributed by atoms with Crippen molar-refractivity contribution in [2.24, 2.45) is 11.8 Å². The molecule has 2 atom stereocenters. The van der Waals surface area contributed by atoms with Crippen molar-refractivity contribution < 1.29 is 5.11 Å². The molecular weight excluding hydrogens is 268 g/mol. The minimum absolute atomic E-state index is 0.184. The zero-order valence-electron chi connectivity index (χ0n) is 14.4. The summed E-state index contributed by atoms with van der Waals surface area (Å²) < 4.78 is 0. The Bertz CT molecular complexity index is 502. The van der Waals surface area contributed by atoms with Crippen molar-refractivity contribution in [2.75, 3.05) is 6.61 Å². The monoisotopic (exact) mass is 298 g/mol. The van der Waals surface area contributed by atoms with E-state index in [9.17, 15) is 5.11 Å². The summed E-state index contributed by atoms with van der Waals surface area (Å²) in [5.74, 6) is 1.03. The Morgan fingerprint density at radius 3 is 2.32 bits per heavy atom. The molecule has 1 aromatic carbocycles. The highest BCUT2D eigenvalue weighted by Gasteiger charge is 2.05. The van der Waals surface area contributed by atoms with E-state index in [0.29, 0.717) is 11.8 Å². The molecule has 0 aliphatic carbocycles. The first-order valence-corrected chi connectivity index (χ1v) is 8.27. The highest BCUT2D eigenvalue weighted by atomic mass is 16.3. The van der Waals surface area contributed by atoms with Gasteiger partial charge in [0.05, 0.1) is 6.61 Å². The maximum Gasteiger partial charge on any atom is 0.0641 e. The zero-order chi connectivity index (χ0) is 16.4. The Morgan fingerprint density at radius 1 is 1.09 bits per heavy atom. The number of benzene rings is 1. The van der Waals surface area contributed by atoms with Gasteiger partial charge in [0, 0.05) is 0 Å². The molecule has 0 aromatic heterocycles. The van der Waals surface area contributed by atoms with Gasteiger partial charge in [-0.25, -0.2) is 0 Å². The number of allylic oxidation sites excluding steroid dienone is 4. The Hall–Kier alpha value is -1.60. The second kappa shape index (κ2) is 10.2. The highest BCUT2D eigenvalue weighted by Crippen LogP contribution is 2.18. The number of hydrogen-bond acceptors (Lipinski definition) is 1. The van der Waals surface area contributed by atoms with Crippen LogP contribution in [0.5, 0.6) is 0 Å². The van der Waals surface area contributed by atoms with E-state index < -0.39 is 0 Å². The standard InChI is InChI=1S/C21H30O/c1-5-20(16-22)15-19(4)14-18(3)13-17(2)11-12-21-9-7-6-8-10-21/h6-13,15,18-19,22H,5,14,16H2,1-4H3/b12-11+,17-13+,20-15-/t18-,19+/m0/s1. The predicted molar refractivity (Wildman–Crippen MR) is 97.6 cm³/mol. The van der Waals surface area contributed by atoms with E-state index in [4.69, 9.17) is 0 Å². The summed E-state index contributed by atoms with van der Waals surface area (Å²) in [5.41, 5.74) is 3.67. The Kier molecular flexibility index (Phi) is 8.54. The van der Waals surface area contributed by atoms with Gasteiger partial charge in [-0.3, -0.25) is 0 Å². The maximum absolute atomic E-state index is 9.24. The fourth-order valence-corrected chi connectivity index (χ4v) is 2.70. The minimum Gasteiger partial charge on any atom is -0.392 e. The molecule has 0 amide bonds. The maximum atomic E-state index is 9.24. The van der Waals surface area contributed by atoms with Crippen LogP contribution in [0, 0.1) is 11.8 Å². The molecule has 1 aromatic rings. The molecule has 22 heavy (non-hydrogen) atoms. The van der Waals surface area contributed by atoms with Crippen LogP contribution < -0.4 is 0 Å². The summed E-state index contributed by atoms with van der Waals surface area (Å²) in [5, 5.41) is 9.24. The Morgan fingerprint density at radius 2 is 1.73 bits per heavy atom. The minimum atomic E-state index is 0.184. The Balaban J connectivity index is 2.56. The lowest BCUT2D eigenvalue weighted by atomic mass is 9.93. The van der Waals surface area contributed by atoms with E-state index in [1.54, 1.807) is 0 Å². The second-order valence-electron chi connectivity index (χ2n) is 6.18. The van der Waals surface area contributed by atoms with E-state index in [0.717, 1.165) is 18.4 Å². The van der Waals surface area contributed by atoms with Gasteiger partial charge in [-0.15, -0.1) is 0 Å². The van der Waals surface area contributed by atoms with E-state index in [-0.39, 0.29) is 6.61 Å². The molecule has 120 valence electrons. The third kappa shape index (κ3) is 7.42. The summed E-state index contributed by atoms with van der Waals surface area (Å²) in [7, 11) is 0. The van der Waals surface area contributed by atoms with Crippen molar-refractivity contribution in [3.05, 3.63) is 65.3 Å². The first-order chi connectivity index (χ1) is 10.5. The Labute approximate surface area is 136 Å². The molecule has 1 N–H and O–H groups in total. The molecule has 0 heterocycles. The van der Waals surface area contributed by atoms with Crippen molar-refractivity contribution in [3.8, 4) is 0 Å². The number of rotatable bonds is 8. The van der Waals surface area contributed by atoms with Gasteiger partial charge in [0.15, 0.2) is 0 Å². The summed E-state index contributed by atoms with van der Waals surface area (Å²) in [6.45, 7) is 8.92. The molecule has 0 saturated heterocycles. The van der Waals surface area contributed by atoms with E-state index >= 15 is 0 Å².